The van der Waals surface area contributed by atoms with Gasteiger partial charge >= 0.3 is 0 Å². The van der Waals surface area contributed by atoms with Crippen molar-refractivity contribution >= 4 is 43.0 Å². The molecule has 0 amide bonds. The quantitative estimate of drug-likeness (QED) is 0.641. The molecule has 0 aliphatic rings. The van der Waals surface area contributed by atoms with E-state index in [1.54, 1.807) is 0 Å². The van der Waals surface area contributed by atoms with Crippen molar-refractivity contribution in [3.63, 3.8) is 0 Å². The summed E-state index contributed by atoms with van der Waals surface area (Å²) in [5, 5.41) is 0. The summed E-state index contributed by atoms with van der Waals surface area (Å²) in [4.78, 5) is 0. The van der Waals surface area contributed by atoms with Gasteiger partial charge < -0.3 is 0 Å². The Morgan fingerprint density at radius 2 is 2.09 bits per heavy atom. The summed E-state index contributed by atoms with van der Waals surface area (Å²) < 4.78 is 0. The van der Waals surface area contributed by atoms with Gasteiger partial charge in [0, 0.05) is 0 Å². The van der Waals surface area contributed by atoms with Gasteiger partial charge in [0.2, 0.25) is 0 Å². The molecule has 0 aromatic heterocycles. The molecule has 11 heavy (non-hydrogen) atoms. The lowest BCUT2D eigenvalue weighted by atomic mass is 10.1. The van der Waals surface area contributed by atoms with Gasteiger partial charge in [-0.2, -0.15) is 9.90 Å². The van der Waals surface area contributed by atoms with Crippen molar-refractivity contribution in [2.24, 2.45) is 5.92 Å². The van der Waals surface area contributed by atoms with Crippen LogP contribution < -0.4 is 0 Å². The normalized spacial score (nSPS) is 16.4. The third-order valence-electron chi connectivity index (χ3n) is 1.46. The zero-order valence-electron chi connectivity index (χ0n) is 7.51. The molecule has 70 valence electrons. The summed E-state index contributed by atoms with van der Waals surface area (Å²) in [5.74, 6) is 0.946. The molecule has 0 aliphatic carbocycles. The number of hydrogen-bond acceptors (Lipinski definition) is 0. The Bertz CT molecular complexity index is 77.4. The van der Waals surface area contributed by atoms with Crippen molar-refractivity contribution in [1.29, 1.82) is 0 Å². The molecule has 0 N–H and O–H groups in total. The van der Waals surface area contributed by atoms with Crippen LogP contribution in [0, 0.1) is 5.92 Å². The first kappa shape index (κ1) is 15.6. The van der Waals surface area contributed by atoms with Crippen LogP contribution in [-0.4, -0.2) is 6.16 Å². The highest BCUT2D eigenvalue weighted by atomic mass is 32.6. The van der Waals surface area contributed by atoms with E-state index in [-0.39, 0.29) is 17.2 Å². The highest BCUT2D eigenvalue weighted by Crippen LogP contribution is 2.66. The van der Waals surface area contributed by atoms with Crippen molar-refractivity contribution in [2.45, 2.75) is 26.7 Å². The van der Waals surface area contributed by atoms with Crippen molar-refractivity contribution in [2.75, 3.05) is 6.16 Å². The topological polar surface area (TPSA) is 0 Å². The largest absolute Gasteiger partial charge is 0.153 e. The fraction of sp³-hybridized carbons (Fsp3) is 1.00. The summed E-state index contributed by atoms with van der Waals surface area (Å²) in [6.45, 7) is 4.64. The average Bonchev–Trinajstić information content (AvgIpc) is 1.88. The molecule has 0 saturated heterocycles. The molecule has 0 saturated carbocycles. The standard InChI is InChI=1S/C6H18P4.H3P/c1-3-4-6(2)5-10(8)9-7;/h6,9H,3-5,7-8H2,1-2H3;1H3. The number of rotatable bonds is 5. The summed E-state index contributed by atoms with van der Waals surface area (Å²) in [6, 6.07) is 0. The maximum absolute atomic E-state index is 2.98. The first-order chi connectivity index (χ1) is 4.70. The van der Waals surface area contributed by atoms with Gasteiger partial charge in [-0.25, -0.2) is 0 Å². The predicted octanol–water partition coefficient (Wildman–Crippen LogP) is 4.14. The van der Waals surface area contributed by atoms with Crippen molar-refractivity contribution in [3.8, 4) is 0 Å². The van der Waals surface area contributed by atoms with Gasteiger partial charge in [-0.1, -0.05) is 41.9 Å². The monoisotopic (exact) mass is 248 g/mol. The van der Waals surface area contributed by atoms with E-state index in [0.717, 1.165) is 13.9 Å². The molecule has 0 aromatic carbocycles. The molecule has 0 bridgehead atoms. The Labute approximate surface area is 82.1 Å². The van der Waals surface area contributed by atoms with Crippen LogP contribution in [0.5, 0.6) is 0 Å². The molecule has 0 nitrogen and oxygen atoms in total. The second-order valence-corrected chi connectivity index (χ2v) is 12.5. The fourth-order valence-electron chi connectivity index (χ4n) is 0.973. The highest BCUT2D eigenvalue weighted by Gasteiger charge is 2.04. The zero-order valence-corrected chi connectivity index (χ0v) is 13.1. The smallest absolute Gasteiger partial charge is 0.0226 e. The molecule has 6 atom stereocenters. The van der Waals surface area contributed by atoms with E-state index in [4.69, 9.17) is 0 Å². The molecule has 0 spiro atoms. The van der Waals surface area contributed by atoms with Gasteiger partial charge in [-0.15, -0.1) is 17.9 Å². The third kappa shape index (κ3) is 10.1. The van der Waals surface area contributed by atoms with Gasteiger partial charge in [0.15, 0.2) is 0 Å². The van der Waals surface area contributed by atoms with Crippen LogP contribution in [0.3, 0.4) is 0 Å². The molecule has 0 heterocycles. The molecule has 0 radical (unpaired) electrons. The van der Waals surface area contributed by atoms with Crippen molar-refractivity contribution < 1.29 is 0 Å². The first-order valence-corrected chi connectivity index (χ1v) is 10.5. The SMILES string of the molecule is CCCC(C)CP(P)PP.P. The van der Waals surface area contributed by atoms with Gasteiger partial charge in [-0.05, 0) is 12.1 Å². The second-order valence-electron chi connectivity index (χ2n) is 2.68. The van der Waals surface area contributed by atoms with E-state index in [2.05, 4.69) is 31.7 Å². The van der Waals surface area contributed by atoms with E-state index in [0.29, 0.717) is 0 Å². The average molecular weight is 248 g/mol. The minimum Gasteiger partial charge on any atom is -0.153 e. The molecule has 6 unspecified atom stereocenters. The minimum absolute atomic E-state index is 0. The fourth-order valence-corrected chi connectivity index (χ4v) is 5.21. The van der Waals surface area contributed by atoms with Gasteiger partial charge in [0.05, 0.1) is 0 Å². The molecule has 5 heteroatoms. The summed E-state index contributed by atoms with van der Waals surface area (Å²) in [6.07, 6.45) is 4.19. The maximum atomic E-state index is 2.98. The zero-order chi connectivity index (χ0) is 7.98. The van der Waals surface area contributed by atoms with Crippen LogP contribution in [-0.2, 0) is 0 Å². The lowest BCUT2D eigenvalue weighted by molar-refractivity contribution is 0.584. The molecule has 0 aliphatic heterocycles. The van der Waals surface area contributed by atoms with Gasteiger partial charge in [0.25, 0.3) is 0 Å². The number of hydrogen-bond donors (Lipinski definition) is 0. The van der Waals surface area contributed by atoms with Gasteiger partial charge in [-0.3, -0.25) is 0 Å². The third-order valence-corrected chi connectivity index (χ3v) is 12.0. The first-order valence-electron chi connectivity index (χ1n) is 3.69. The summed E-state index contributed by atoms with van der Waals surface area (Å²) >= 11 is 0. The highest BCUT2D eigenvalue weighted by molar-refractivity contribution is 8.61. The Morgan fingerprint density at radius 1 is 1.55 bits per heavy atom. The van der Waals surface area contributed by atoms with Crippen LogP contribution in [0.25, 0.3) is 0 Å². The Hall–Kier alpha value is 2.15. The van der Waals surface area contributed by atoms with E-state index in [1.807, 2.05) is 0 Å². The minimum atomic E-state index is 0. The van der Waals surface area contributed by atoms with E-state index in [1.165, 1.54) is 19.0 Å². The Morgan fingerprint density at radius 3 is 2.45 bits per heavy atom. The predicted molar refractivity (Wildman–Crippen MR) is 74.7 cm³/mol. The van der Waals surface area contributed by atoms with Crippen LogP contribution >= 0.6 is 43.0 Å². The Kier molecular flexibility index (Phi) is 14.5. The van der Waals surface area contributed by atoms with Crippen LogP contribution in [0.1, 0.15) is 26.7 Å². The van der Waals surface area contributed by atoms with Gasteiger partial charge in [0.1, 0.15) is 0 Å². The Balaban J connectivity index is 0. The lowest BCUT2D eigenvalue weighted by Crippen LogP contribution is -1.95. The van der Waals surface area contributed by atoms with Crippen LogP contribution in [0.15, 0.2) is 0 Å². The van der Waals surface area contributed by atoms with E-state index in [9.17, 15) is 0 Å². The summed E-state index contributed by atoms with van der Waals surface area (Å²) in [7, 11) is 7.19. The molecular formula is C6H21P5. The molecule has 0 aromatic rings. The van der Waals surface area contributed by atoms with Crippen molar-refractivity contribution in [3.05, 3.63) is 0 Å². The maximum Gasteiger partial charge on any atom is -0.0226 e. The second kappa shape index (κ2) is 10.2. The molecular weight excluding hydrogens is 227 g/mol. The van der Waals surface area contributed by atoms with E-state index < -0.39 is 0 Å². The molecule has 0 rings (SSSR count). The van der Waals surface area contributed by atoms with Crippen molar-refractivity contribution in [1.82, 2.24) is 0 Å². The van der Waals surface area contributed by atoms with Crippen LogP contribution in [0.4, 0.5) is 0 Å². The molecule has 0 fully saturated rings. The lowest BCUT2D eigenvalue weighted by Gasteiger charge is -2.14. The summed E-state index contributed by atoms with van der Waals surface area (Å²) in [5.41, 5.74) is 0. The van der Waals surface area contributed by atoms with Crippen LogP contribution in [0.2, 0.25) is 0 Å². The van der Waals surface area contributed by atoms with E-state index >= 15 is 0 Å².